The van der Waals surface area contributed by atoms with E-state index in [0.717, 1.165) is 6.07 Å². The summed E-state index contributed by atoms with van der Waals surface area (Å²) in [5.41, 5.74) is -1.03. The molecule has 0 aliphatic carbocycles. The molecule has 0 aliphatic rings. The Morgan fingerprint density at radius 3 is 2.31 bits per heavy atom. The Hall–Kier alpha value is -0.550. The highest BCUT2D eigenvalue weighted by Gasteiger charge is 2.32. The lowest BCUT2D eigenvalue weighted by Gasteiger charge is -2.17. The summed E-state index contributed by atoms with van der Waals surface area (Å²) in [5, 5.41) is 17.6. The van der Waals surface area contributed by atoms with E-state index in [4.69, 9.17) is 45.0 Å². The monoisotopic (exact) mass is 286 g/mol. The minimum absolute atomic E-state index is 0.0301. The summed E-state index contributed by atoms with van der Waals surface area (Å²) in [6.07, 6.45) is 0. The molecule has 0 aromatic heterocycles. The molecule has 3 nitrogen and oxygen atoms in total. The van der Waals surface area contributed by atoms with E-state index in [0.29, 0.717) is 0 Å². The Balaban J connectivity index is 3.53. The number of benzene rings is 1. The fraction of sp³-hybridized carbons (Fsp3) is 0.222. The quantitative estimate of drug-likeness (QED) is 0.822. The van der Waals surface area contributed by atoms with Crippen molar-refractivity contribution in [3.8, 4) is 0 Å². The second kappa shape index (κ2) is 4.75. The van der Waals surface area contributed by atoms with E-state index >= 15 is 0 Å². The third kappa shape index (κ3) is 2.58. The predicted octanol–water partition coefficient (Wildman–Crippen LogP) is 2.84. The molecular formula is C9H6Cl3FO3. The van der Waals surface area contributed by atoms with Crippen molar-refractivity contribution in [3.63, 3.8) is 0 Å². The maximum atomic E-state index is 13.7. The number of hydrogen-bond acceptors (Lipinski definition) is 2. The number of aromatic carboxylic acids is 1. The zero-order valence-electron chi connectivity index (χ0n) is 7.68. The first-order valence-electron chi connectivity index (χ1n) is 4.01. The van der Waals surface area contributed by atoms with Crippen LogP contribution in [-0.4, -0.2) is 16.2 Å². The number of carboxylic acids is 1. The van der Waals surface area contributed by atoms with Crippen molar-refractivity contribution in [1.29, 1.82) is 0 Å². The van der Waals surface area contributed by atoms with Gasteiger partial charge in [-0.05, 0) is 11.6 Å². The first-order valence-corrected chi connectivity index (χ1v) is 5.15. The molecule has 16 heavy (non-hydrogen) atoms. The molecule has 0 spiro atoms. The van der Waals surface area contributed by atoms with Crippen molar-refractivity contribution < 1.29 is 19.4 Å². The number of hydrogen-bond donors (Lipinski definition) is 2. The molecule has 0 bridgehead atoms. The molecule has 2 N–H and O–H groups in total. The van der Waals surface area contributed by atoms with Gasteiger partial charge in [0.15, 0.2) is 0 Å². The van der Waals surface area contributed by atoms with Gasteiger partial charge in [-0.15, -0.1) is 0 Å². The van der Waals surface area contributed by atoms with Crippen LogP contribution in [0.5, 0.6) is 0 Å². The van der Waals surface area contributed by atoms with Gasteiger partial charge in [-0.25, -0.2) is 9.18 Å². The molecule has 0 amide bonds. The summed E-state index contributed by atoms with van der Waals surface area (Å²) >= 11 is 16.5. The highest BCUT2D eigenvalue weighted by atomic mass is 35.6. The molecule has 7 heteroatoms. The second-order valence-corrected chi connectivity index (χ2v) is 5.20. The number of halogens is 4. The van der Waals surface area contributed by atoms with Crippen molar-refractivity contribution in [3.05, 3.63) is 34.6 Å². The largest absolute Gasteiger partial charge is 0.478 e. The number of carbonyl (C=O) groups is 1. The van der Waals surface area contributed by atoms with Gasteiger partial charge >= 0.3 is 5.97 Å². The first kappa shape index (κ1) is 13.5. The molecule has 0 heterocycles. The summed E-state index contributed by atoms with van der Waals surface area (Å²) in [6.45, 7) is -0.555. The maximum Gasteiger partial charge on any atom is 0.338 e. The zero-order chi connectivity index (χ0) is 12.5. The second-order valence-electron chi connectivity index (χ2n) is 2.92. The Morgan fingerprint density at radius 1 is 1.38 bits per heavy atom. The zero-order valence-corrected chi connectivity index (χ0v) is 9.94. The molecule has 1 aromatic rings. The fourth-order valence-electron chi connectivity index (χ4n) is 1.22. The van der Waals surface area contributed by atoms with Gasteiger partial charge in [-0.1, -0.05) is 40.9 Å². The number of rotatable bonds is 2. The van der Waals surface area contributed by atoms with Crippen LogP contribution in [0.25, 0.3) is 0 Å². The highest BCUT2D eigenvalue weighted by Crippen LogP contribution is 2.42. The number of aliphatic hydroxyl groups excluding tert-OH is 1. The smallest absolute Gasteiger partial charge is 0.338 e. The van der Waals surface area contributed by atoms with Gasteiger partial charge in [-0.2, -0.15) is 0 Å². The molecule has 0 radical (unpaired) electrons. The van der Waals surface area contributed by atoms with E-state index in [1.807, 2.05) is 0 Å². The third-order valence-electron chi connectivity index (χ3n) is 1.91. The lowest BCUT2D eigenvalue weighted by Crippen LogP contribution is -2.13. The Kier molecular flexibility index (Phi) is 4.02. The van der Waals surface area contributed by atoms with Crippen LogP contribution in [0.2, 0.25) is 0 Å². The van der Waals surface area contributed by atoms with E-state index in [-0.39, 0.29) is 5.56 Å². The molecule has 1 aromatic carbocycles. The van der Waals surface area contributed by atoms with E-state index < -0.39 is 33.3 Å². The fourth-order valence-corrected chi connectivity index (χ4v) is 1.83. The summed E-state index contributed by atoms with van der Waals surface area (Å²) in [5.74, 6) is -2.63. The van der Waals surface area contributed by atoms with Crippen molar-refractivity contribution in [2.24, 2.45) is 0 Å². The summed E-state index contributed by atoms with van der Waals surface area (Å²) in [7, 11) is 0. The lowest BCUT2D eigenvalue weighted by atomic mass is 10.0. The normalized spacial score (nSPS) is 11.6. The minimum atomic E-state index is -2.13. The van der Waals surface area contributed by atoms with Crippen LogP contribution in [0.1, 0.15) is 21.5 Å². The number of aliphatic hydroxyl groups is 1. The summed E-state index contributed by atoms with van der Waals surface area (Å²) in [4.78, 5) is 10.7. The van der Waals surface area contributed by atoms with Crippen LogP contribution in [-0.2, 0) is 10.4 Å². The maximum absolute atomic E-state index is 13.7. The van der Waals surface area contributed by atoms with E-state index in [9.17, 15) is 9.18 Å². The molecule has 1 rings (SSSR count). The van der Waals surface area contributed by atoms with Crippen molar-refractivity contribution in [2.75, 3.05) is 0 Å². The van der Waals surface area contributed by atoms with Gasteiger partial charge in [0, 0.05) is 5.56 Å². The SMILES string of the molecule is O=C(O)c1ccc(CO)c(C(Cl)(Cl)Cl)c1F. The lowest BCUT2D eigenvalue weighted by molar-refractivity contribution is 0.0691. The Bertz CT molecular complexity index is 429. The van der Waals surface area contributed by atoms with Gasteiger partial charge in [0.1, 0.15) is 5.82 Å². The molecule has 0 atom stereocenters. The minimum Gasteiger partial charge on any atom is -0.478 e. The van der Waals surface area contributed by atoms with Crippen LogP contribution in [0, 0.1) is 5.82 Å². The van der Waals surface area contributed by atoms with Gasteiger partial charge in [0.25, 0.3) is 0 Å². The Labute approximate surface area is 105 Å². The predicted molar refractivity (Wildman–Crippen MR) is 58.5 cm³/mol. The van der Waals surface area contributed by atoms with Crippen LogP contribution in [0.15, 0.2) is 12.1 Å². The molecule has 0 saturated heterocycles. The number of carboxylic acid groups (broad SMARTS) is 1. The van der Waals surface area contributed by atoms with Crippen LogP contribution >= 0.6 is 34.8 Å². The Morgan fingerprint density at radius 2 is 1.94 bits per heavy atom. The molecule has 0 unspecified atom stereocenters. The first-order chi connectivity index (χ1) is 7.29. The summed E-state index contributed by atoms with van der Waals surface area (Å²) in [6, 6.07) is 2.20. The molecule has 0 aliphatic heterocycles. The average Bonchev–Trinajstić information content (AvgIpc) is 2.14. The molecular weight excluding hydrogens is 281 g/mol. The van der Waals surface area contributed by atoms with Crippen molar-refractivity contribution >= 4 is 40.8 Å². The highest BCUT2D eigenvalue weighted by molar-refractivity contribution is 6.66. The molecule has 0 fully saturated rings. The van der Waals surface area contributed by atoms with Crippen molar-refractivity contribution in [2.45, 2.75) is 10.4 Å². The van der Waals surface area contributed by atoms with Gasteiger partial charge in [0.2, 0.25) is 3.79 Å². The van der Waals surface area contributed by atoms with Gasteiger partial charge < -0.3 is 10.2 Å². The van der Waals surface area contributed by atoms with Crippen molar-refractivity contribution in [1.82, 2.24) is 0 Å². The molecule has 0 saturated carbocycles. The van der Waals surface area contributed by atoms with Gasteiger partial charge in [-0.3, -0.25) is 0 Å². The van der Waals surface area contributed by atoms with Crippen LogP contribution in [0.3, 0.4) is 0 Å². The number of alkyl halides is 3. The standard InChI is InChI=1S/C9H6Cl3FO3/c10-9(11,12)6-4(3-14)1-2-5(7(6)13)8(15)16/h1-2,14H,3H2,(H,15,16). The van der Waals surface area contributed by atoms with E-state index in [1.54, 1.807) is 0 Å². The summed E-state index contributed by atoms with van der Waals surface area (Å²) < 4.78 is 11.6. The topological polar surface area (TPSA) is 57.5 Å². The molecule has 88 valence electrons. The van der Waals surface area contributed by atoms with Gasteiger partial charge in [0.05, 0.1) is 12.2 Å². The third-order valence-corrected chi connectivity index (χ3v) is 2.48. The average molecular weight is 288 g/mol. The van der Waals surface area contributed by atoms with E-state index in [2.05, 4.69) is 0 Å². The van der Waals surface area contributed by atoms with Crippen LogP contribution < -0.4 is 0 Å². The van der Waals surface area contributed by atoms with E-state index in [1.165, 1.54) is 6.07 Å². The van der Waals surface area contributed by atoms with Crippen LogP contribution in [0.4, 0.5) is 4.39 Å².